The average Bonchev–Trinajstić information content (AvgIpc) is 2.85. The molecule has 2 aromatic rings. The first kappa shape index (κ1) is 12.4. The van der Waals surface area contributed by atoms with Crippen molar-refractivity contribution in [3.8, 4) is 0 Å². The molecule has 0 aliphatic carbocycles. The molecular formula is C8H9N5O4S. The van der Waals surface area contributed by atoms with E-state index in [0.29, 0.717) is 5.82 Å². The van der Waals surface area contributed by atoms with Gasteiger partial charge in [-0.15, -0.1) is 5.10 Å². The molecule has 18 heavy (non-hydrogen) atoms. The summed E-state index contributed by atoms with van der Waals surface area (Å²) in [5, 5.41) is 18.4. The molecule has 0 saturated heterocycles. The Labute approximate surface area is 104 Å². The lowest BCUT2D eigenvalue weighted by Gasteiger charge is -2.00. The third-order valence-corrected chi connectivity index (χ3v) is 2.87. The normalized spacial score (nSPS) is 10.7. The molecule has 0 unspecified atom stereocenters. The van der Waals surface area contributed by atoms with E-state index >= 15 is 0 Å². The Morgan fingerprint density at radius 2 is 2.39 bits per heavy atom. The second-order valence-electron chi connectivity index (χ2n) is 3.32. The van der Waals surface area contributed by atoms with Crippen LogP contribution >= 0.6 is 11.8 Å². The maximum absolute atomic E-state index is 11.5. The number of aromatic amines is 1. The third kappa shape index (κ3) is 2.77. The number of carboxylic acid groups (broad SMARTS) is 1. The predicted octanol–water partition coefficient (Wildman–Crippen LogP) is -0.512. The van der Waals surface area contributed by atoms with Crippen molar-refractivity contribution in [2.45, 2.75) is 18.6 Å². The fraction of sp³-hybridized carbons (Fsp3) is 0.375. The second kappa shape index (κ2) is 5.04. The minimum absolute atomic E-state index is 0.0537. The smallest absolute Gasteiger partial charge is 0.344 e. The quantitative estimate of drug-likeness (QED) is 0.696. The zero-order valence-corrected chi connectivity index (χ0v) is 10.1. The van der Waals surface area contributed by atoms with Crippen LogP contribution in [0.25, 0.3) is 0 Å². The van der Waals surface area contributed by atoms with Crippen LogP contribution in [0, 0.1) is 6.92 Å². The minimum Gasteiger partial charge on any atom is -0.481 e. The number of thioether (sulfide) groups is 1. The van der Waals surface area contributed by atoms with Crippen molar-refractivity contribution in [2.24, 2.45) is 0 Å². The summed E-state index contributed by atoms with van der Waals surface area (Å²) in [5.74, 6) is -0.460. The third-order valence-electron chi connectivity index (χ3n) is 1.91. The highest BCUT2D eigenvalue weighted by Gasteiger charge is 2.13. The molecule has 2 aromatic heterocycles. The summed E-state index contributed by atoms with van der Waals surface area (Å²) in [6.45, 7) is 1.71. The van der Waals surface area contributed by atoms with Crippen LogP contribution in [0.15, 0.2) is 14.5 Å². The molecule has 0 saturated carbocycles. The minimum atomic E-state index is -0.990. The van der Waals surface area contributed by atoms with Crippen LogP contribution in [-0.4, -0.2) is 41.7 Å². The van der Waals surface area contributed by atoms with Gasteiger partial charge in [0.2, 0.25) is 5.89 Å². The summed E-state index contributed by atoms with van der Waals surface area (Å²) < 4.78 is 6.12. The first-order valence-corrected chi connectivity index (χ1v) is 5.84. The Bertz CT molecular complexity index is 615. The molecular weight excluding hydrogens is 262 g/mol. The molecule has 0 radical (unpaired) electrons. The van der Waals surface area contributed by atoms with E-state index in [1.165, 1.54) is 4.57 Å². The fourth-order valence-electron chi connectivity index (χ4n) is 1.22. The number of aromatic nitrogens is 5. The SMILES string of the molecule is Cc1noc(Cn2c(SCC(=O)O)n[nH]c2=O)n1. The molecule has 2 N–H and O–H groups in total. The molecule has 0 amide bonds. The van der Waals surface area contributed by atoms with Crippen LogP contribution in [0.3, 0.4) is 0 Å². The fourth-order valence-corrected chi connectivity index (χ4v) is 1.88. The zero-order valence-electron chi connectivity index (χ0n) is 9.28. The summed E-state index contributed by atoms with van der Waals surface area (Å²) in [6.07, 6.45) is 0. The van der Waals surface area contributed by atoms with Crippen LogP contribution in [0.1, 0.15) is 11.7 Å². The molecule has 0 bridgehead atoms. The van der Waals surface area contributed by atoms with E-state index < -0.39 is 11.7 Å². The Morgan fingerprint density at radius 3 is 3.00 bits per heavy atom. The summed E-state index contributed by atoms with van der Waals surface area (Å²) >= 11 is 0.933. The van der Waals surface area contributed by atoms with Crippen molar-refractivity contribution < 1.29 is 14.4 Å². The number of hydrogen-bond acceptors (Lipinski definition) is 7. The van der Waals surface area contributed by atoms with Crippen LogP contribution in [-0.2, 0) is 11.3 Å². The van der Waals surface area contributed by atoms with Gasteiger partial charge in [-0.25, -0.2) is 9.89 Å². The van der Waals surface area contributed by atoms with Gasteiger partial charge < -0.3 is 9.63 Å². The molecule has 96 valence electrons. The zero-order chi connectivity index (χ0) is 13.1. The van der Waals surface area contributed by atoms with Gasteiger partial charge in [-0.1, -0.05) is 16.9 Å². The van der Waals surface area contributed by atoms with Gasteiger partial charge in [-0.2, -0.15) is 4.98 Å². The monoisotopic (exact) mass is 271 g/mol. The Kier molecular flexibility index (Phi) is 3.46. The molecule has 0 spiro atoms. The van der Waals surface area contributed by atoms with Gasteiger partial charge in [-0.3, -0.25) is 9.36 Å². The van der Waals surface area contributed by atoms with Gasteiger partial charge in [-0.05, 0) is 6.92 Å². The summed E-state index contributed by atoms with van der Waals surface area (Å²) in [4.78, 5) is 25.9. The average molecular weight is 271 g/mol. The van der Waals surface area contributed by atoms with E-state index in [2.05, 4.69) is 20.3 Å². The van der Waals surface area contributed by atoms with Crippen LogP contribution in [0.5, 0.6) is 0 Å². The van der Waals surface area contributed by atoms with E-state index in [-0.39, 0.29) is 23.3 Å². The molecule has 0 aromatic carbocycles. The number of aliphatic carboxylic acids is 1. The number of nitrogens with zero attached hydrogens (tertiary/aromatic N) is 4. The predicted molar refractivity (Wildman–Crippen MR) is 59.3 cm³/mol. The first-order chi connectivity index (χ1) is 8.56. The summed E-state index contributed by atoms with van der Waals surface area (Å²) in [6, 6.07) is 0. The van der Waals surface area contributed by atoms with E-state index in [0.717, 1.165) is 11.8 Å². The van der Waals surface area contributed by atoms with Gasteiger partial charge in [0.1, 0.15) is 6.54 Å². The molecule has 0 atom stereocenters. The lowest BCUT2D eigenvalue weighted by Crippen LogP contribution is -2.18. The van der Waals surface area contributed by atoms with Crippen molar-refractivity contribution in [3.63, 3.8) is 0 Å². The van der Waals surface area contributed by atoms with Gasteiger partial charge >= 0.3 is 11.7 Å². The molecule has 10 heteroatoms. The van der Waals surface area contributed by atoms with E-state index in [4.69, 9.17) is 9.63 Å². The highest BCUT2D eigenvalue weighted by Crippen LogP contribution is 2.13. The van der Waals surface area contributed by atoms with Gasteiger partial charge in [0, 0.05) is 0 Å². The van der Waals surface area contributed by atoms with Crippen LogP contribution in [0.4, 0.5) is 0 Å². The largest absolute Gasteiger partial charge is 0.481 e. The van der Waals surface area contributed by atoms with Crippen molar-refractivity contribution in [1.82, 2.24) is 24.9 Å². The van der Waals surface area contributed by atoms with E-state index in [1.54, 1.807) is 6.92 Å². The highest BCUT2D eigenvalue weighted by atomic mass is 32.2. The van der Waals surface area contributed by atoms with Crippen molar-refractivity contribution >= 4 is 17.7 Å². The van der Waals surface area contributed by atoms with E-state index in [9.17, 15) is 9.59 Å². The molecule has 9 nitrogen and oxygen atoms in total. The first-order valence-electron chi connectivity index (χ1n) is 4.85. The number of hydrogen-bond donors (Lipinski definition) is 2. The maximum Gasteiger partial charge on any atom is 0.344 e. The molecule has 0 aliphatic heterocycles. The lowest BCUT2D eigenvalue weighted by atomic mass is 10.6. The van der Waals surface area contributed by atoms with E-state index in [1.807, 2.05) is 0 Å². The van der Waals surface area contributed by atoms with Crippen molar-refractivity contribution in [2.75, 3.05) is 5.75 Å². The lowest BCUT2D eigenvalue weighted by molar-refractivity contribution is -0.133. The summed E-state index contributed by atoms with van der Waals surface area (Å²) in [5.41, 5.74) is -0.459. The number of H-pyrrole nitrogens is 1. The highest BCUT2D eigenvalue weighted by molar-refractivity contribution is 7.99. The van der Waals surface area contributed by atoms with Gasteiger partial charge in [0.15, 0.2) is 11.0 Å². The summed E-state index contributed by atoms with van der Waals surface area (Å²) in [7, 11) is 0. The van der Waals surface area contributed by atoms with Gasteiger partial charge in [0.05, 0.1) is 5.75 Å². The standard InChI is InChI=1S/C8H9N5O4S/c1-4-9-5(17-12-4)2-13-7(16)10-11-8(13)18-3-6(14)15/h2-3H2,1H3,(H,10,16)(H,14,15). The number of carbonyl (C=O) groups is 1. The van der Waals surface area contributed by atoms with Crippen molar-refractivity contribution in [1.29, 1.82) is 0 Å². The Balaban J connectivity index is 2.18. The number of nitrogens with one attached hydrogen (secondary N) is 1. The molecule has 0 aliphatic rings. The number of rotatable bonds is 5. The van der Waals surface area contributed by atoms with Crippen LogP contribution in [0.2, 0.25) is 0 Å². The maximum atomic E-state index is 11.5. The van der Waals surface area contributed by atoms with Gasteiger partial charge in [0.25, 0.3) is 0 Å². The second-order valence-corrected chi connectivity index (χ2v) is 4.26. The Morgan fingerprint density at radius 1 is 1.61 bits per heavy atom. The molecule has 0 fully saturated rings. The Hall–Kier alpha value is -2.10. The van der Waals surface area contributed by atoms with Crippen molar-refractivity contribution in [3.05, 3.63) is 22.2 Å². The molecule has 2 rings (SSSR count). The molecule has 2 heterocycles. The number of aryl methyl sites for hydroxylation is 1. The topological polar surface area (TPSA) is 127 Å². The number of carboxylic acids is 1. The van der Waals surface area contributed by atoms with Crippen LogP contribution < -0.4 is 5.69 Å².